The third-order valence-electron chi connectivity index (χ3n) is 7.89. The van der Waals surface area contributed by atoms with E-state index in [0.29, 0.717) is 11.5 Å². The summed E-state index contributed by atoms with van der Waals surface area (Å²) in [5.74, 6) is 1.37. The van der Waals surface area contributed by atoms with Gasteiger partial charge < -0.3 is 8.83 Å². The highest BCUT2D eigenvalue weighted by molar-refractivity contribution is 6.07. The van der Waals surface area contributed by atoms with Crippen LogP contribution in [0.2, 0.25) is 0 Å². The maximum absolute atomic E-state index is 6.15. The summed E-state index contributed by atoms with van der Waals surface area (Å²) >= 11 is 0. The molecule has 0 amide bonds. The van der Waals surface area contributed by atoms with Crippen LogP contribution in [0.15, 0.2) is 130 Å². The zero-order valence-electron chi connectivity index (χ0n) is 21.2. The normalized spacial score (nSPS) is 12.4. The predicted molar refractivity (Wildman–Crippen MR) is 159 cm³/mol. The number of rotatable bonds is 2. The largest absolute Gasteiger partial charge is 0.456 e. The number of fused-ring (bicyclic) bond motifs is 9. The van der Waals surface area contributed by atoms with Crippen molar-refractivity contribution in [2.45, 2.75) is 0 Å². The van der Waals surface area contributed by atoms with Gasteiger partial charge in [0.15, 0.2) is 11.5 Å². The third-order valence-corrected chi connectivity index (χ3v) is 7.89. The SMILES string of the molecule is c1ccc2c(c1)oc1cc(-c3ccc4c(c3)-c3cc(-c5ccc6c(c5)oc5ccccc56)ccc3OO4)ccc12. The van der Waals surface area contributed by atoms with E-state index in [1.165, 1.54) is 0 Å². The molecule has 0 atom stereocenters. The quantitative estimate of drug-likeness (QED) is 0.214. The Labute approximate surface area is 228 Å². The molecule has 0 N–H and O–H groups in total. The lowest BCUT2D eigenvalue weighted by Crippen LogP contribution is -2.08. The Morgan fingerprint density at radius 1 is 0.325 bits per heavy atom. The Bertz CT molecular complexity index is 2120. The number of hydrogen-bond donors (Lipinski definition) is 0. The van der Waals surface area contributed by atoms with E-state index in [2.05, 4.69) is 72.8 Å². The summed E-state index contributed by atoms with van der Waals surface area (Å²) in [4.78, 5) is 11.3. The van der Waals surface area contributed by atoms with Crippen LogP contribution in [0.25, 0.3) is 77.3 Å². The van der Waals surface area contributed by atoms with Crippen molar-refractivity contribution in [3.63, 3.8) is 0 Å². The fraction of sp³-hybridized carbons (Fsp3) is 0. The molecular formula is C36H20O4. The molecule has 3 heterocycles. The zero-order chi connectivity index (χ0) is 26.2. The summed E-state index contributed by atoms with van der Waals surface area (Å²) in [6.45, 7) is 0. The molecule has 0 unspecified atom stereocenters. The van der Waals surface area contributed by atoms with Gasteiger partial charge in [0.05, 0.1) is 0 Å². The molecule has 2 aromatic heterocycles. The van der Waals surface area contributed by atoms with E-state index in [0.717, 1.165) is 77.3 Å². The van der Waals surface area contributed by atoms with Crippen LogP contribution in [0.1, 0.15) is 0 Å². The highest BCUT2D eigenvalue weighted by Crippen LogP contribution is 2.45. The second-order valence-electron chi connectivity index (χ2n) is 10.2. The number of para-hydroxylation sites is 2. The lowest BCUT2D eigenvalue weighted by atomic mass is 9.94. The molecule has 0 saturated carbocycles. The smallest absolute Gasteiger partial charge is 0.186 e. The fourth-order valence-electron chi connectivity index (χ4n) is 5.89. The third kappa shape index (κ3) is 3.13. The number of benzene rings is 6. The standard InChI is InChI=1S/C36H20O4/c1-3-7-31-25(5-1)27-13-9-23(19-35(27)37-31)21-11-15-33-29(17-21)30-18-22(12-16-34(30)40-39-33)24-10-14-28-26-6-2-4-8-32(26)38-36(28)20-24/h1-20H. The van der Waals surface area contributed by atoms with Gasteiger partial charge in [-0.25, -0.2) is 0 Å². The lowest BCUT2D eigenvalue weighted by Gasteiger charge is -2.20. The second-order valence-corrected chi connectivity index (χ2v) is 10.2. The molecule has 0 bridgehead atoms. The molecule has 1 aliphatic heterocycles. The first-order valence-electron chi connectivity index (χ1n) is 13.2. The summed E-state index contributed by atoms with van der Waals surface area (Å²) in [5, 5.41) is 4.49. The lowest BCUT2D eigenvalue weighted by molar-refractivity contribution is -0.102. The van der Waals surface area contributed by atoms with E-state index in [-0.39, 0.29) is 0 Å². The van der Waals surface area contributed by atoms with Crippen LogP contribution in [0, 0.1) is 0 Å². The molecule has 6 aromatic carbocycles. The summed E-state index contributed by atoms with van der Waals surface area (Å²) in [5.41, 5.74) is 9.81. The van der Waals surface area contributed by atoms with E-state index in [1.807, 2.05) is 48.5 Å². The maximum atomic E-state index is 6.15. The van der Waals surface area contributed by atoms with Gasteiger partial charge in [0, 0.05) is 32.7 Å². The Balaban J connectivity index is 1.15. The molecule has 1 aliphatic rings. The molecule has 9 rings (SSSR count). The van der Waals surface area contributed by atoms with Gasteiger partial charge in [-0.2, -0.15) is 0 Å². The summed E-state index contributed by atoms with van der Waals surface area (Å²) in [6, 6.07) is 41.4. The Kier molecular flexibility index (Phi) is 4.30. The molecule has 0 aliphatic carbocycles. The van der Waals surface area contributed by atoms with E-state index < -0.39 is 0 Å². The molecule has 0 spiro atoms. The van der Waals surface area contributed by atoms with E-state index in [4.69, 9.17) is 18.6 Å². The minimum Gasteiger partial charge on any atom is -0.456 e. The molecule has 0 radical (unpaired) electrons. The summed E-state index contributed by atoms with van der Waals surface area (Å²) in [7, 11) is 0. The second kappa shape index (κ2) is 8.01. The summed E-state index contributed by atoms with van der Waals surface area (Å²) in [6.07, 6.45) is 0. The van der Waals surface area contributed by atoms with E-state index in [1.54, 1.807) is 0 Å². The van der Waals surface area contributed by atoms with Gasteiger partial charge in [-0.1, -0.05) is 60.7 Å². The van der Waals surface area contributed by atoms with E-state index in [9.17, 15) is 0 Å². The molecule has 188 valence electrons. The first kappa shape index (κ1) is 21.5. The van der Waals surface area contributed by atoms with Crippen molar-refractivity contribution in [3.8, 4) is 44.9 Å². The molecule has 0 saturated heterocycles. The molecule has 40 heavy (non-hydrogen) atoms. The van der Waals surface area contributed by atoms with Crippen molar-refractivity contribution in [3.05, 3.63) is 121 Å². The summed E-state index contributed by atoms with van der Waals surface area (Å²) < 4.78 is 12.3. The van der Waals surface area contributed by atoms with Gasteiger partial charge >= 0.3 is 0 Å². The zero-order valence-corrected chi connectivity index (χ0v) is 21.2. The van der Waals surface area contributed by atoms with Gasteiger partial charge in [-0.3, -0.25) is 9.78 Å². The van der Waals surface area contributed by atoms with Crippen molar-refractivity contribution >= 4 is 43.9 Å². The highest BCUT2D eigenvalue weighted by Gasteiger charge is 2.22. The molecule has 4 nitrogen and oxygen atoms in total. The Morgan fingerprint density at radius 2 is 0.725 bits per heavy atom. The van der Waals surface area contributed by atoms with E-state index >= 15 is 0 Å². The fourth-order valence-corrected chi connectivity index (χ4v) is 5.89. The molecular weight excluding hydrogens is 496 g/mol. The van der Waals surface area contributed by atoms with Crippen molar-refractivity contribution < 1.29 is 18.6 Å². The molecule has 4 heteroatoms. The Morgan fingerprint density at radius 3 is 1.23 bits per heavy atom. The van der Waals surface area contributed by atoms with Gasteiger partial charge in [-0.15, -0.1) is 0 Å². The minimum atomic E-state index is 0.686. The predicted octanol–water partition coefficient (Wildman–Crippen LogP) is 10.2. The van der Waals surface area contributed by atoms with Crippen LogP contribution in [0.3, 0.4) is 0 Å². The molecule has 0 fully saturated rings. The first-order chi connectivity index (χ1) is 19.8. The van der Waals surface area contributed by atoms with Crippen molar-refractivity contribution in [1.82, 2.24) is 0 Å². The van der Waals surface area contributed by atoms with Crippen molar-refractivity contribution in [2.24, 2.45) is 0 Å². The van der Waals surface area contributed by atoms with Gasteiger partial charge in [0.25, 0.3) is 0 Å². The van der Waals surface area contributed by atoms with Crippen LogP contribution in [-0.2, 0) is 0 Å². The maximum Gasteiger partial charge on any atom is 0.186 e. The monoisotopic (exact) mass is 516 g/mol. The van der Waals surface area contributed by atoms with Crippen LogP contribution in [-0.4, -0.2) is 0 Å². The van der Waals surface area contributed by atoms with Crippen LogP contribution >= 0.6 is 0 Å². The topological polar surface area (TPSA) is 44.7 Å². The van der Waals surface area contributed by atoms with Crippen molar-refractivity contribution in [2.75, 3.05) is 0 Å². The average molecular weight is 517 g/mol. The highest BCUT2D eigenvalue weighted by atomic mass is 17.2. The Hall–Kier alpha value is -5.48. The van der Waals surface area contributed by atoms with Gasteiger partial charge in [-0.05, 0) is 82.9 Å². The first-order valence-corrected chi connectivity index (χ1v) is 13.2. The van der Waals surface area contributed by atoms with Crippen LogP contribution < -0.4 is 9.78 Å². The van der Waals surface area contributed by atoms with Crippen LogP contribution in [0.4, 0.5) is 0 Å². The number of hydrogen-bond acceptors (Lipinski definition) is 4. The number of furan rings is 2. The van der Waals surface area contributed by atoms with Crippen molar-refractivity contribution in [1.29, 1.82) is 0 Å². The van der Waals surface area contributed by atoms with Gasteiger partial charge in [0.2, 0.25) is 0 Å². The van der Waals surface area contributed by atoms with Gasteiger partial charge in [0.1, 0.15) is 22.3 Å². The molecule has 8 aromatic rings. The minimum absolute atomic E-state index is 0.686. The average Bonchev–Trinajstić information content (AvgIpc) is 3.58. The van der Waals surface area contributed by atoms with Crippen LogP contribution in [0.5, 0.6) is 11.5 Å².